The van der Waals surface area contributed by atoms with E-state index in [9.17, 15) is 13.2 Å². The molecule has 19 heavy (non-hydrogen) atoms. The number of rotatable bonds is 3. The predicted octanol–water partition coefficient (Wildman–Crippen LogP) is -0.110. The second-order valence-corrected chi connectivity index (χ2v) is 6.86. The van der Waals surface area contributed by atoms with Gasteiger partial charge in [-0.1, -0.05) is 0 Å². The Balaban J connectivity index is 1.78. The fourth-order valence-electron chi connectivity index (χ4n) is 3.05. The van der Waals surface area contributed by atoms with Gasteiger partial charge in [0.15, 0.2) is 0 Å². The summed E-state index contributed by atoms with van der Waals surface area (Å²) in [5.41, 5.74) is -0.304. The Morgan fingerprint density at radius 2 is 2.11 bits per heavy atom. The zero-order valence-corrected chi connectivity index (χ0v) is 11.3. The number of nitrogens with zero attached hydrogens (tertiary/aromatic N) is 1. The molecule has 0 saturated carbocycles. The molecule has 2 saturated heterocycles. The SMILES string of the molecule is O=c1ccc(S(=O)(=O)NC2CCN3CCCC23)c[nH]1. The summed E-state index contributed by atoms with van der Waals surface area (Å²) in [6, 6.07) is 2.88. The second-order valence-electron chi connectivity index (χ2n) is 5.15. The molecule has 2 N–H and O–H groups in total. The Morgan fingerprint density at radius 3 is 2.84 bits per heavy atom. The summed E-state index contributed by atoms with van der Waals surface area (Å²) in [7, 11) is -3.55. The highest BCUT2D eigenvalue weighted by Gasteiger charge is 2.39. The Morgan fingerprint density at radius 1 is 1.26 bits per heavy atom. The van der Waals surface area contributed by atoms with Crippen LogP contribution in [0.1, 0.15) is 19.3 Å². The molecule has 2 fully saturated rings. The molecule has 0 amide bonds. The van der Waals surface area contributed by atoms with Gasteiger partial charge in [-0.2, -0.15) is 0 Å². The normalized spacial score (nSPS) is 27.6. The molecule has 1 aromatic heterocycles. The first-order valence-electron chi connectivity index (χ1n) is 6.51. The molecule has 0 bridgehead atoms. The highest BCUT2D eigenvalue weighted by Crippen LogP contribution is 2.28. The molecular formula is C12H17N3O3S. The van der Waals surface area contributed by atoms with Crippen molar-refractivity contribution in [3.63, 3.8) is 0 Å². The summed E-state index contributed by atoms with van der Waals surface area (Å²) >= 11 is 0. The predicted molar refractivity (Wildman–Crippen MR) is 70.4 cm³/mol. The average molecular weight is 283 g/mol. The standard InChI is InChI=1S/C12H17N3O3S/c16-12-4-3-9(8-13-12)19(17,18)14-10-5-7-15-6-1-2-11(10)15/h3-4,8,10-11,14H,1-2,5-7H2,(H,13,16). The number of H-pyrrole nitrogens is 1. The van der Waals surface area contributed by atoms with Crippen LogP contribution in [0.2, 0.25) is 0 Å². The van der Waals surface area contributed by atoms with Gasteiger partial charge in [-0.15, -0.1) is 0 Å². The van der Waals surface area contributed by atoms with Crippen LogP contribution >= 0.6 is 0 Å². The third-order valence-electron chi connectivity index (χ3n) is 3.98. The van der Waals surface area contributed by atoms with Gasteiger partial charge < -0.3 is 4.98 Å². The maximum Gasteiger partial charge on any atom is 0.247 e. The fraction of sp³-hybridized carbons (Fsp3) is 0.583. The van der Waals surface area contributed by atoms with Gasteiger partial charge in [-0.3, -0.25) is 9.69 Å². The summed E-state index contributed by atoms with van der Waals surface area (Å²) < 4.78 is 27.2. The van der Waals surface area contributed by atoms with Gasteiger partial charge in [0.05, 0.1) is 4.90 Å². The molecule has 3 rings (SSSR count). The van der Waals surface area contributed by atoms with Crippen LogP contribution < -0.4 is 10.3 Å². The molecule has 6 nitrogen and oxygen atoms in total. The second kappa shape index (κ2) is 4.73. The molecule has 2 aliphatic heterocycles. The lowest BCUT2D eigenvalue weighted by Gasteiger charge is -2.21. The number of sulfonamides is 1. The maximum atomic E-state index is 12.2. The Kier molecular flexibility index (Phi) is 3.20. The molecule has 7 heteroatoms. The van der Waals surface area contributed by atoms with Gasteiger partial charge in [0.2, 0.25) is 15.6 Å². The molecule has 0 spiro atoms. The zero-order chi connectivity index (χ0) is 13.5. The van der Waals surface area contributed by atoms with E-state index in [1.165, 1.54) is 18.3 Å². The molecular weight excluding hydrogens is 266 g/mol. The van der Waals surface area contributed by atoms with Crippen molar-refractivity contribution >= 4 is 10.0 Å². The number of aromatic amines is 1. The summed E-state index contributed by atoms with van der Waals surface area (Å²) in [5, 5.41) is 0. The van der Waals surface area contributed by atoms with Crippen LogP contribution in [0.5, 0.6) is 0 Å². The van der Waals surface area contributed by atoms with Crippen LogP contribution in [0.15, 0.2) is 28.0 Å². The van der Waals surface area contributed by atoms with Crippen molar-refractivity contribution in [1.82, 2.24) is 14.6 Å². The number of hydrogen-bond donors (Lipinski definition) is 2. The van der Waals surface area contributed by atoms with Gasteiger partial charge in [0.1, 0.15) is 0 Å². The van der Waals surface area contributed by atoms with E-state index in [0.717, 1.165) is 32.4 Å². The molecule has 3 heterocycles. The third kappa shape index (κ3) is 2.45. The van der Waals surface area contributed by atoms with E-state index in [-0.39, 0.29) is 16.5 Å². The van der Waals surface area contributed by atoms with E-state index in [0.29, 0.717) is 6.04 Å². The zero-order valence-electron chi connectivity index (χ0n) is 10.5. The summed E-state index contributed by atoms with van der Waals surface area (Å²) in [6.45, 7) is 2.03. The number of fused-ring (bicyclic) bond motifs is 1. The van der Waals surface area contributed by atoms with Crippen LogP contribution in [-0.2, 0) is 10.0 Å². The van der Waals surface area contributed by atoms with E-state index in [1.54, 1.807) is 0 Å². The van der Waals surface area contributed by atoms with E-state index in [1.807, 2.05) is 0 Å². The molecule has 0 radical (unpaired) electrons. The van der Waals surface area contributed by atoms with Crippen LogP contribution in [0, 0.1) is 0 Å². The largest absolute Gasteiger partial charge is 0.328 e. The Bertz CT molecular complexity index is 605. The van der Waals surface area contributed by atoms with Crippen molar-refractivity contribution in [3.8, 4) is 0 Å². The number of pyridine rings is 1. The summed E-state index contributed by atoms with van der Waals surface area (Å²) in [6.07, 6.45) is 4.29. The number of nitrogens with one attached hydrogen (secondary N) is 2. The molecule has 2 aliphatic rings. The maximum absolute atomic E-state index is 12.2. The summed E-state index contributed by atoms with van der Waals surface area (Å²) in [4.78, 5) is 15.8. The monoisotopic (exact) mass is 283 g/mol. The Hall–Kier alpha value is -1.18. The van der Waals surface area contributed by atoms with Crippen molar-refractivity contribution in [2.45, 2.75) is 36.2 Å². The minimum Gasteiger partial charge on any atom is -0.328 e. The van der Waals surface area contributed by atoms with Crippen molar-refractivity contribution < 1.29 is 8.42 Å². The van der Waals surface area contributed by atoms with Gasteiger partial charge in [0.25, 0.3) is 0 Å². The van der Waals surface area contributed by atoms with E-state index >= 15 is 0 Å². The van der Waals surface area contributed by atoms with Crippen molar-refractivity contribution in [2.75, 3.05) is 13.1 Å². The lowest BCUT2D eigenvalue weighted by atomic mass is 10.1. The number of hydrogen-bond acceptors (Lipinski definition) is 4. The highest BCUT2D eigenvalue weighted by molar-refractivity contribution is 7.89. The van der Waals surface area contributed by atoms with Crippen LogP contribution in [0.3, 0.4) is 0 Å². The number of aromatic nitrogens is 1. The van der Waals surface area contributed by atoms with E-state index < -0.39 is 10.0 Å². The van der Waals surface area contributed by atoms with Crippen molar-refractivity contribution in [1.29, 1.82) is 0 Å². The lowest BCUT2D eigenvalue weighted by molar-refractivity contribution is 0.309. The minimum absolute atomic E-state index is 0.0144. The van der Waals surface area contributed by atoms with Crippen LogP contribution in [0.25, 0.3) is 0 Å². The fourth-order valence-corrected chi connectivity index (χ4v) is 4.32. The van der Waals surface area contributed by atoms with E-state index in [4.69, 9.17) is 0 Å². The van der Waals surface area contributed by atoms with Crippen LogP contribution in [0.4, 0.5) is 0 Å². The molecule has 104 valence electrons. The van der Waals surface area contributed by atoms with Crippen molar-refractivity contribution in [3.05, 3.63) is 28.7 Å². The van der Waals surface area contributed by atoms with Crippen molar-refractivity contribution in [2.24, 2.45) is 0 Å². The summed E-state index contributed by atoms with van der Waals surface area (Å²) in [5.74, 6) is 0. The third-order valence-corrected chi connectivity index (χ3v) is 5.47. The molecule has 2 atom stereocenters. The highest BCUT2D eigenvalue weighted by atomic mass is 32.2. The van der Waals surface area contributed by atoms with Gasteiger partial charge >= 0.3 is 0 Å². The first-order chi connectivity index (χ1) is 9.06. The Labute approximate surface area is 111 Å². The first kappa shape index (κ1) is 12.8. The smallest absolute Gasteiger partial charge is 0.247 e. The first-order valence-corrected chi connectivity index (χ1v) is 8.00. The molecule has 0 aromatic carbocycles. The molecule has 0 aliphatic carbocycles. The molecule has 2 unspecified atom stereocenters. The van der Waals surface area contributed by atoms with Gasteiger partial charge in [-0.25, -0.2) is 13.1 Å². The topological polar surface area (TPSA) is 82.3 Å². The van der Waals surface area contributed by atoms with Crippen LogP contribution in [-0.4, -0.2) is 43.5 Å². The lowest BCUT2D eigenvalue weighted by Crippen LogP contribution is -2.42. The minimum atomic E-state index is -3.55. The van der Waals surface area contributed by atoms with Gasteiger partial charge in [0, 0.05) is 30.9 Å². The molecule has 1 aromatic rings. The van der Waals surface area contributed by atoms with E-state index in [2.05, 4.69) is 14.6 Å². The average Bonchev–Trinajstić information content (AvgIpc) is 2.95. The quantitative estimate of drug-likeness (QED) is 0.811. The van der Waals surface area contributed by atoms with Gasteiger partial charge in [-0.05, 0) is 31.9 Å².